The van der Waals surface area contributed by atoms with Crippen LogP contribution in [-0.2, 0) is 28.6 Å². The number of halogens is 6. The van der Waals surface area contributed by atoms with E-state index in [-0.39, 0.29) is 30.8 Å². The van der Waals surface area contributed by atoms with E-state index >= 15 is 0 Å². The third kappa shape index (κ3) is 5.10. The molecule has 13 heteroatoms. The summed E-state index contributed by atoms with van der Waals surface area (Å²) in [7, 11) is -4.79. The maximum Gasteiger partial charge on any atom is 0.417 e. The molecule has 0 spiro atoms. The number of ketones is 1. The Kier molecular flexibility index (Phi) is 6.37. The lowest BCUT2D eigenvalue weighted by molar-refractivity contribution is -0.144. The van der Waals surface area contributed by atoms with Crippen LogP contribution in [0.2, 0.25) is 0 Å². The molecule has 0 amide bonds. The van der Waals surface area contributed by atoms with Gasteiger partial charge in [0.1, 0.15) is 0 Å². The van der Waals surface area contributed by atoms with Gasteiger partial charge in [0.05, 0.1) is 26.5 Å². The molecule has 6 nitrogen and oxygen atoms in total. The first-order valence-electron chi connectivity index (χ1n) is 10.2. The molecule has 0 aliphatic rings. The van der Waals surface area contributed by atoms with Gasteiger partial charge >= 0.3 is 12.4 Å². The van der Waals surface area contributed by atoms with Crippen LogP contribution >= 0.6 is 0 Å². The molecule has 0 saturated carbocycles. The smallest absolute Gasteiger partial charge is 0.294 e. The number of carbonyl (C=O) groups excluding carboxylic acids is 1. The molecule has 0 aliphatic carbocycles. The number of rotatable bonds is 6. The fourth-order valence-electron chi connectivity index (χ4n) is 3.49. The molecule has 4 aromatic rings. The average Bonchev–Trinajstić information content (AvgIpc) is 3.29. The number of hydrogen-bond donors (Lipinski definition) is 0. The summed E-state index contributed by atoms with van der Waals surface area (Å²) in [4.78, 5) is 18.7. The molecule has 0 saturated heterocycles. The minimum Gasteiger partial charge on any atom is -0.294 e. The second kappa shape index (κ2) is 9.04. The molecule has 36 heavy (non-hydrogen) atoms. The lowest BCUT2D eigenvalue weighted by Gasteiger charge is -2.16. The summed E-state index contributed by atoms with van der Waals surface area (Å²) in [6, 6.07) is 5.13. The number of fused-ring (bicyclic) bond motifs is 1. The SMILES string of the molecule is O=C(CCc1ccc(S(=O)(=O)c2ccc(C(F)(F)F)cc2C(F)(F)F)cc1)c1cnc2nccn2c1. The zero-order chi connectivity index (χ0) is 26.3. The first kappa shape index (κ1) is 25.4. The van der Waals surface area contributed by atoms with Gasteiger partial charge in [-0.3, -0.25) is 9.20 Å². The highest BCUT2D eigenvalue weighted by molar-refractivity contribution is 7.91. The van der Waals surface area contributed by atoms with Gasteiger partial charge in [-0.1, -0.05) is 12.1 Å². The Balaban J connectivity index is 1.55. The van der Waals surface area contributed by atoms with Gasteiger partial charge in [-0.05, 0) is 42.3 Å². The Morgan fingerprint density at radius 2 is 1.61 bits per heavy atom. The van der Waals surface area contributed by atoms with Crippen LogP contribution < -0.4 is 0 Å². The molecule has 0 N–H and O–H groups in total. The summed E-state index contributed by atoms with van der Waals surface area (Å²) in [5.41, 5.74) is -2.66. The number of imidazole rings is 1. The number of Topliss-reactive ketones (excluding diaryl/α,β-unsaturated/α-hetero) is 1. The monoisotopic (exact) mass is 527 g/mol. The van der Waals surface area contributed by atoms with E-state index in [2.05, 4.69) is 9.97 Å². The third-order valence-electron chi connectivity index (χ3n) is 5.34. The fourth-order valence-corrected chi connectivity index (χ4v) is 4.95. The zero-order valence-corrected chi connectivity index (χ0v) is 18.8. The van der Waals surface area contributed by atoms with E-state index in [0.717, 1.165) is 12.1 Å². The van der Waals surface area contributed by atoms with Crippen molar-refractivity contribution in [3.8, 4) is 0 Å². The third-order valence-corrected chi connectivity index (χ3v) is 7.17. The summed E-state index contributed by atoms with van der Waals surface area (Å²) in [6.45, 7) is 0. The molecular weight excluding hydrogens is 512 g/mol. The summed E-state index contributed by atoms with van der Waals surface area (Å²) in [5.74, 6) is 0.180. The molecule has 0 atom stereocenters. The van der Waals surface area contributed by atoms with Crippen molar-refractivity contribution in [1.29, 1.82) is 0 Å². The molecule has 2 heterocycles. The fraction of sp³-hybridized carbons (Fsp3) is 0.174. The van der Waals surface area contributed by atoms with Crippen LogP contribution in [-0.4, -0.2) is 28.6 Å². The Labute approximate surface area is 200 Å². The molecule has 0 fully saturated rings. The second-order valence-corrected chi connectivity index (χ2v) is 9.67. The zero-order valence-electron chi connectivity index (χ0n) is 18.0. The summed E-state index contributed by atoms with van der Waals surface area (Å²) < 4.78 is 106. The van der Waals surface area contributed by atoms with Crippen molar-refractivity contribution in [2.24, 2.45) is 0 Å². The number of carbonyl (C=O) groups is 1. The van der Waals surface area contributed by atoms with Crippen LogP contribution in [0.25, 0.3) is 5.78 Å². The van der Waals surface area contributed by atoms with E-state index in [1.54, 1.807) is 16.8 Å². The van der Waals surface area contributed by atoms with Gasteiger partial charge in [-0.25, -0.2) is 18.4 Å². The topological polar surface area (TPSA) is 81.4 Å². The molecule has 188 valence electrons. The van der Waals surface area contributed by atoms with E-state index in [1.807, 2.05) is 0 Å². The van der Waals surface area contributed by atoms with Gasteiger partial charge in [-0.2, -0.15) is 26.3 Å². The van der Waals surface area contributed by atoms with Crippen molar-refractivity contribution in [2.45, 2.75) is 35.0 Å². The van der Waals surface area contributed by atoms with Crippen molar-refractivity contribution in [3.63, 3.8) is 0 Å². The number of hydrogen-bond acceptors (Lipinski definition) is 5. The molecule has 0 aliphatic heterocycles. The minimum absolute atomic E-state index is 0.0467. The highest BCUT2D eigenvalue weighted by atomic mass is 32.2. The highest BCUT2D eigenvalue weighted by Gasteiger charge is 2.41. The van der Waals surface area contributed by atoms with E-state index < -0.39 is 43.1 Å². The Morgan fingerprint density at radius 3 is 2.25 bits per heavy atom. The van der Waals surface area contributed by atoms with Gasteiger partial charge < -0.3 is 0 Å². The quantitative estimate of drug-likeness (QED) is 0.247. The largest absolute Gasteiger partial charge is 0.417 e. The lowest BCUT2D eigenvalue weighted by Crippen LogP contribution is -2.16. The second-order valence-electron chi connectivity index (χ2n) is 7.75. The minimum atomic E-state index is -5.33. The van der Waals surface area contributed by atoms with Crippen molar-refractivity contribution in [1.82, 2.24) is 14.4 Å². The molecule has 4 rings (SSSR count). The Hall–Kier alpha value is -3.74. The number of benzene rings is 2. The van der Waals surface area contributed by atoms with Gasteiger partial charge in [0, 0.05) is 31.2 Å². The van der Waals surface area contributed by atoms with Crippen molar-refractivity contribution in [2.75, 3.05) is 0 Å². The van der Waals surface area contributed by atoms with Crippen LogP contribution in [0.4, 0.5) is 26.3 Å². The standard InChI is InChI=1S/C23H15F6N3O3S/c24-22(25,26)16-4-8-20(18(11-16)23(27,28)29)36(34,35)17-5-1-14(2-6-17)3-7-19(33)15-12-31-21-30-9-10-32(21)13-15/h1-2,4-6,8-13H,3,7H2. The number of aromatic nitrogens is 3. The molecular formula is C23H15F6N3O3S. The van der Waals surface area contributed by atoms with Crippen LogP contribution in [0.3, 0.4) is 0 Å². The maximum atomic E-state index is 13.4. The van der Waals surface area contributed by atoms with Crippen molar-refractivity contribution in [3.05, 3.63) is 89.5 Å². The Bertz CT molecular complexity index is 1540. The molecule has 2 aromatic carbocycles. The normalized spacial score (nSPS) is 12.7. The van der Waals surface area contributed by atoms with Crippen molar-refractivity contribution >= 4 is 21.4 Å². The first-order chi connectivity index (χ1) is 16.8. The first-order valence-corrected chi connectivity index (χ1v) is 11.7. The summed E-state index contributed by atoms with van der Waals surface area (Å²) in [5, 5.41) is 0. The predicted octanol–water partition coefficient (Wildman–Crippen LogP) is 5.42. The summed E-state index contributed by atoms with van der Waals surface area (Å²) in [6.07, 6.45) is -4.08. The van der Waals surface area contributed by atoms with Gasteiger partial charge in [0.15, 0.2) is 5.78 Å². The lowest BCUT2D eigenvalue weighted by atomic mass is 10.0. The van der Waals surface area contributed by atoms with E-state index in [4.69, 9.17) is 0 Å². The molecule has 0 bridgehead atoms. The number of sulfone groups is 1. The van der Waals surface area contributed by atoms with Crippen LogP contribution in [0.5, 0.6) is 0 Å². The van der Waals surface area contributed by atoms with Gasteiger partial charge in [0.2, 0.25) is 15.6 Å². The average molecular weight is 527 g/mol. The van der Waals surface area contributed by atoms with E-state index in [0.29, 0.717) is 23.0 Å². The Morgan fingerprint density at radius 1 is 0.917 bits per heavy atom. The van der Waals surface area contributed by atoms with Crippen molar-refractivity contribution < 1.29 is 39.6 Å². The van der Waals surface area contributed by atoms with Crippen LogP contribution in [0.1, 0.15) is 33.5 Å². The summed E-state index contributed by atoms with van der Waals surface area (Å²) >= 11 is 0. The van der Waals surface area contributed by atoms with Crippen LogP contribution in [0, 0.1) is 0 Å². The van der Waals surface area contributed by atoms with E-state index in [1.165, 1.54) is 24.5 Å². The van der Waals surface area contributed by atoms with Crippen LogP contribution in [0.15, 0.2) is 77.0 Å². The predicted molar refractivity (Wildman–Crippen MR) is 114 cm³/mol. The van der Waals surface area contributed by atoms with Gasteiger partial charge in [-0.15, -0.1) is 0 Å². The number of nitrogens with zero attached hydrogens (tertiary/aromatic N) is 3. The van der Waals surface area contributed by atoms with Gasteiger partial charge in [0.25, 0.3) is 0 Å². The van der Waals surface area contributed by atoms with E-state index in [9.17, 15) is 39.6 Å². The number of alkyl halides is 6. The number of aryl methyl sites for hydroxylation is 1. The maximum absolute atomic E-state index is 13.4. The molecule has 0 radical (unpaired) electrons. The molecule has 2 aromatic heterocycles. The molecule has 0 unspecified atom stereocenters. The highest BCUT2D eigenvalue weighted by Crippen LogP contribution is 2.40.